The van der Waals surface area contributed by atoms with Crippen molar-refractivity contribution in [2.24, 2.45) is 0 Å². The summed E-state index contributed by atoms with van der Waals surface area (Å²) in [5.74, 6) is 0.724. The summed E-state index contributed by atoms with van der Waals surface area (Å²) in [5, 5.41) is 3.40. The molecule has 126 valence electrons. The molecule has 0 amide bonds. The zero-order chi connectivity index (χ0) is 17.6. The minimum atomic E-state index is 0.643. The third-order valence-electron chi connectivity index (χ3n) is 3.90. The molecule has 3 nitrogen and oxygen atoms in total. The second-order valence-corrected chi connectivity index (χ2v) is 8.55. The Hall–Kier alpha value is -1.40. The lowest BCUT2D eigenvalue weighted by molar-refractivity contribution is 1.11. The Morgan fingerprint density at radius 1 is 1.12 bits per heavy atom. The van der Waals surface area contributed by atoms with Crippen molar-refractivity contribution in [3.8, 4) is 0 Å². The predicted molar refractivity (Wildman–Crippen MR) is 108 cm³/mol. The van der Waals surface area contributed by atoms with Gasteiger partial charge >= 0.3 is 0 Å². The molecule has 3 aromatic heterocycles. The summed E-state index contributed by atoms with van der Waals surface area (Å²) in [6.07, 6.45) is 1.62. The van der Waals surface area contributed by atoms with Gasteiger partial charge in [0.15, 0.2) is 0 Å². The van der Waals surface area contributed by atoms with E-state index in [4.69, 9.17) is 23.2 Å². The molecule has 25 heavy (non-hydrogen) atoms. The highest BCUT2D eigenvalue weighted by atomic mass is 35.5. The number of thioether (sulfide) groups is 1. The first kappa shape index (κ1) is 17.0. The standard InChI is InChI=1S/C18H13Cl2N3S2/c1-9-5-10(2)23-17-14(9)15-16(25-17)18(22-8-21-15)24-7-11-3-4-12(19)6-13(11)20/h3-6,8H,7H2,1-2H3. The van der Waals surface area contributed by atoms with Crippen molar-refractivity contribution in [1.82, 2.24) is 15.0 Å². The van der Waals surface area contributed by atoms with Crippen LogP contribution in [0.3, 0.4) is 0 Å². The first-order chi connectivity index (χ1) is 12.0. The van der Waals surface area contributed by atoms with Crippen LogP contribution in [0.4, 0.5) is 0 Å². The first-order valence-electron chi connectivity index (χ1n) is 7.61. The third-order valence-corrected chi connectivity index (χ3v) is 6.73. The molecule has 0 aliphatic rings. The van der Waals surface area contributed by atoms with E-state index in [-0.39, 0.29) is 0 Å². The smallest absolute Gasteiger partial charge is 0.126 e. The Morgan fingerprint density at radius 3 is 2.76 bits per heavy atom. The summed E-state index contributed by atoms with van der Waals surface area (Å²) < 4.78 is 1.08. The van der Waals surface area contributed by atoms with Crippen LogP contribution >= 0.6 is 46.3 Å². The van der Waals surface area contributed by atoms with Crippen LogP contribution in [-0.2, 0) is 5.75 Å². The molecule has 0 atom stereocenters. The van der Waals surface area contributed by atoms with Crippen LogP contribution in [0.5, 0.6) is 0 Å². The fraction of sp³-hybridized carbons (Fsp3) is 0.167. The van der Waals surface area contributed by atoms with Crippen LogP contribution < -0.4 is 0 Å². The summed E-state index contributed by atoms with van der Waals surface area (Å²) >= 11 is 15.5. The fourth-order valence-corrected chi connectivity index (χ4v) is 5.66. The van der Waals surface area contributed by atoms with Crippen molar-refractivity contribution in [3.63, 3.8) is 0 Å². The van der Waals surface area contributed by atoms with Crippen LogP contribution in [0.25, 0.3) is 20.4 Å². The van der Waals surface area contributed by atoms with Crippen molar-refractivity contribution >= 4 is 66.7 Å². The van der Waals surface area contributed by atoms with Gasteiger partial charge in [0.2, 0.25) is 0 Å². The van der Waals surface area contributed by atoms with E-state index in [0.29, 0.717) is 10.0 Å². The van der Waals surface area contributed by atoms with Crippen molar-refractivity contribution in [2.75, 3.05) is 0 Å². The molecule has 0 unspecified atom stereocenters. The molecule has 0 N–H and O–H groups in total. The second-order valence-electron chi connectivity index (χ2n) is 5.74. The molecule has 3 heterocycles. The molecule has 4 rings (SSSR count). The third kappa shape index (κ3) is 3.22. The number of nitrogens with zero attached hydrogens (tertiary/aromatic N) is 3. The van der Waals surface area contributed by atoms with Gasteiger partial charge in [-0.25, -0.2) is 15.0 Å². The number of hydrogen-bond donors (Lipinski definition) is 0. The summed E-state index contributed by atoms with van der Waals surface area (Å²) in [7, 11) is 0. The zero-order valence-corrected chi connectivity index (χ0v) is 16.7. The van der Waals surface area contributed by atoms with E-state index in [9.17, 15) is 0 Å². The van der Waals surface area contributed by atoms with Gasteiger partial charge in [-0.2, -0.15) is 0 Å². The Kier molecular flexibility index (Phi) is 4.58. The molecule has 0 aliphatic carbocycles. The van der Waals surface area contributed by atoms with Gasteiger partial charge in [0.1, 0.15) is 16.2 Å². The summed E-state index contributed by atoms with van der Waals surface area (Å²) in [6, 6.07) is 7.67. The molecule has 0 fully saturated rings. The van der Waals surface area contributed by atoms with Gasteiger partial charge in [0.25, 0.3) is 0 Å². The van der Waals surface area contributed by atoms with Crippen LogP contribution in [0.2, 0.25) is 10.0 Å². The Bertz CT molecular complexity index is 1110. The quantitative estimate of drug-likeness (QED) is 0.289. The minimum absolute atomic E-state index is 0.643. The maximum atomic E-state index is 6.28. The molecule has 0 spiro atoms. The molecule has 0 bridgehead atoms. The van der Waals surface area contributed by atoms with Gasteiger partial charge in [0, 0.05) is 26.9 Å². The van der Waals surface area contributed by atoms with Gasteiger partial charge in [-0.15, -0.1) is 23.1 Å². The maximum absolute atomic E-state index is 6.28. The number of aromatic nitrogens is 3. The number of pyridine rings is 1. The molecule has 0 radical (unpaired) electrons. The molecule has 7 heteroatoms. The molecule has 1 aromatic carbocycles. The Labute approximate surface area is 163 Å². The van der Waals surface area contributed by atoms with E-state index in [1.165, 1.54) is 5.56 Å². The van der Waals surface area contributed by atoms with Crippen LogP contribution in [0, 0.1) is 13.8 Å². The van der Waals surface area contributed by atoms with Crippen molar-refractivity contribution in [1.29, 1.82) is 0 Å². The molecular weight excluding hydrogens is 393 g/mol. The summed E-state index contributed by atoms with van der Waals surface area (Å²) in [4.78, 5) is 14.7. The number of aryl methyl sites for hydroxylation is 2. The number of thiophene rings is 1. The monoisotopic (exact) mass is 405 g/mol. The largest absolute Gasteiger partial charge is 0.242 e. The SMILES string of the molecule is Cc1cc(C)c2c(n1)sc1c(SCc3ccc(Cl)cc3Cl)ncnc12. The maximum Gasteiger partial charge on any atom is 0.126 e. The molecule has 0 saturated carbocycles. The molecule has 0 saturated heterocycles. The van der Waals surface area contributed by atoms with Crippen LogP contribution in [-0.4, -0.2) is 15.0 Å². The van der Waals surface area contributed by atoms with Crippen molar-refractivity contribution in [2.45, 2.75) is 24.6 Å². The van der Waals surface area contributed by atoms with Gasteiger partial charge in [-0.3, -0.25) is 0 Å². The van der Waals surface area contributed by atoms with E-state index >= 15 is 0 Å². The van der Waals surface area contributed by atoms with Crippen molar-refractivity contribution < 1.29 is 0 Å². The number of fused-ring (bicyclic) bond motifs is 3. The summed E-state index contributed by atoms with van der Waals surface area (Å²) in [6.45, 7) is 4.12. The predicted octanol–water partition coefficient (Wildman–Crippen LogP) is 6.46. The highest BCUT2D eigenvalue weighted by molar-refractivity contribution is 7.98. The molecular formula is C18H13Cl2N3S2. The van der Waals surface area contributed by atoms with E-state index in [1.807, 2.05) is 19.1 Å². The van der Waals surface area contributed by atoms with E-state index < -0.39 is 0 Å². The molecule has 0 aliphatic heterocycles. The van der Waals surface area contributed by atoms with E-state index in [2.05, 4.69) is 27.9 Å². The fourth-order valence-electron chi connectivity index (χ4n) is 2.78. The Balaban J connectivity index is 1.76. The lowest BCUT2D eigenvalue weighted by atomic mass is 10.1. The topological polar surface area (TPSA) is 38.7 Å². The lowest BCUT2D eigenvalue weighted by Crippen LogP contribution is -1.87. The normalized spacial score (nSPS) is 11.5. The number of benzene rings is 1. The highest BCUT2D eigenvalue weighted by Gasteiger charge is 2.15. The number of hydrogen-bond acceptors (Lipinski definition) is 5. The zero-order valence-electron chi connectivity index (χ0n) is 13.5. The summed E-state index contributed by atoms with van der Waals surface area (Å²) in [5.41, 5.74) is 4.23. The first-order valence-corrected chi connectivity index (χ1v) is 10.2. The molecule has 4 aromatic rings. The van der Waals surface area contributed by atoms with Gasteiger partial charge < -0.3 is 0 Å². The average molecular weight is 406 g/mol. The lowest BCUT2D eigenvalue weighted by Gasteiger charge is -2.05. The van der Waals surface area contributed by atoms with Crippen molar-refractivity contribution in [3.05, 3.63) is 57.5 Å². The number of rotatable bonds is 3. The minimum Gasteiger partial charge on any atom is -0.242 e. The van der Waals surface area contributed by atoms with Gasteiger partial charge in [0.05, 0.1) is 10.2 Å². The Morgan fingerprint density at radius 2 is 1.96 bits per heavy atom. The van der Waals surface area contributed by atoms with Gasteiger partial charge in [-0.1, -0.05) is 29.3 Å². The highest BCUT2D eigenvalue weighted by Crippen LogP contribution is 2.39. The van der Waals surface area contributed by atoms with E-state index in [0.717, 1.165) is 42.5 Å². The van der Waals surface area contributed by atoms with Crippen LogP contribution in [0.15, 0.2) is 35.6 Å². The second kappa shape index (κ2) is 6.72. The number of halogens is 2. The van der Waals surface area contributed by atoms with Gasteiger partial charge in [-0.05, 0) is 43.2 Å². The van der Waals surface area contributed by atoms with E-state index in [1.54, 1.807) is 35.5 Å². The van der Waals surface area contributed by atoms with Crippen LogP contribution in [0.1, 0.15) is 16.8 Å². The average Bonchev–Trinajstić information content (AvgIpc) is 2.93.